The summed E-state index contributed by atoms with van der Waals surface area (Å²) in [6, 6.07) is 1.83. The molecular weight excluding hydrogens is 328 g/mol. The number of carbonyl (C=O) groups excluding carboxylic acids is 2. The minimum atomic E-state index is -0.612. The lowest BCUT2D eigenvalue weighted by atomic mass is 9.49. The Kier molecular flexibility index (Phi) is 3.55. The van der Waals surface area contributed by atoms with Crippen molar-refractivity contribution in [2.24, 2.45) is 23.2 Å². The first-order valence-corrected chi connectivity index (χ1v) is 9.60. The van der Waals surface area contributed by atoms with Crippen molar-refractivity contribution in [3.63, 3.8) is 0 Å². The third-order valence-corrected chi connectivity index (χ3v) is 6.73. The van der Waals surface area contributed by atoms with Crippen LogP contribution in [0.3, 0.4) is 0 Å². The summed E-state index contributed by atoms with van der Waals surface area (Å²) < 4.78 is 0. The molecule has 2 aromatic rings. The van der Waals surface area contributed by atoms with Gasteiger partial charge < -0.3 is 15.6 Å². The van der Waals surface area contributed by atoms with E-state index in [2.05, 4.69) is 20.6 Å². The van der Waals surface area contributed by atoms with Crippen LogP contribution in [0, 0.1) is 23.2 Å². The minimum absolute atomic E-state index is 0.232. The van der Waals surface area contributed by atoms with E-state index in [1.807, 2.05) is 6.07 Å². The van der Waals surface area contributed by atoms with E-state index < -0.39 is 11.8 Å². The molecular formula is C20H24N4O2. The monoisotopic (exact) mass is 352 g/mol. The number of nitrogens with one attached hydrogen (secondary N) is 3. The normalized spacial score (nSPS) is 31.9. The number of aromatic nitrogens is 2. The molecule has 0 aliphatic heterocycles. The van der Waals surface area contributed by atoms with Gasteiger partial charge in [-0.15, -0.1) is 0 Å². The topological polar surface area (TPSA) is 86.9 Å². The van der Waals surface area contributed by atoms with Crippen LogP contribution in [0.5, 0.6) is 0 Å². The maximum atomic E-state index is 12.3. The lowest BCUT2D eigenvalue weighted by molar-refractivity contribution is -0.137. The van der Waals surface area contributed by atoms with Crippen molar-refractivity contribution in [2.75, 3.05) is 11.9 Å². The predicted molar refractivity (Wildman–Crippen MR) is 98.3 cm³/mol. The Hall–Kier alpha value is -2.37. The van der Waals surface area contributed by atoms with Gasteiger partial charge in [-0.05, 0) is 67.8 Å². The summed E-state index contributed by atoms with van der Waals surface area (Å²) in [6.45, 7) is 0.637. The number of fused-ring (bicyclic) bond motifs is 1. The zero-order valence-corrected chi connectivity index (χ0v) is 14.8. The molecule has 6 heteroatoms. The van der Waals surface area contributed by atoms with Crippen molar-refractivity contribution in [2.45, 2.75) is 38.5 Å². The fourth-order valence-electron chi connectivity index (χ4n) is 6.10. The predicted octanol–water partition coefficient (Wildman–Crippen LogP) is 2.83. The Morgan fingerprint density at radius 2 is 1.81 bits per heavy atom. The van der Waals surface area contributed by atoms with Gasteiger partial charge in [0.25, 0.3) is 0 Å². The van der Waals surface area contributed by atoms with E-state index in [9.17, 15) is 9.59 Å². The maximum absolute atomic E-state index is 12.3. The molecule has 2 heterocycles. The highest BCUT2D eigenvalue weighted by atomic mass is 16.2. The third kappa shape index (κ3) is 2.68. The highest BCUT2D eigenvalue weighted by Crippen LogP contribution is 2.59. The van der Waals surface area contributed by atoms with Crippen LogP contribution < -0.4 is 10.6 Å². The van der Waals surface area contributed by atoms with Crippen LogP contribution in [0.1, 0.15) is 38.5 Å². The van der Waals surface area contributed by atoms with E-state index >= 15 is 0 Å². The second-order valence-corrected chi connectivity index (χ2v) is 8.68. The molecule has 2 amide bonds. The van der Waals surface area contributed by atoms with Crippen molar-refractivity contribution in [1.29, 1.82) is 0 Å². The number of H-pyrrole nitrogens is 1. The molecule has 136 valence electrons. The van der Waals surface area contributed by atoms with Crippen molar-refractivity contribution < 1.29 is 9.59 Å². The van der Waals surface area contributed by atoms with E-state index in [1.165, 1.54) is 38.5 Å². The van der Waals surface area contributed by atoms with Gasteiger partial charge in [-0.3, -0.25) is 14.6 Å². The Labute approximate surface area is 152 Å². The second kappa shape index (κ2) is 5.83. The number of amides is 2. The summed E-state index contributed by atoms with van der Waals surface area (Å²) >= 11 is 0. The molecule has 2 aromatic heterocycles. The second-order valence-electron chi connectivity index (χ2n) is 8.68. The van der Waals surface area contributed by atoms with Gasteiger partial charge in [0.2, 0.25) is 0 Å². The molecule has 4 aliphatic rings. The molecule has 4 saturated carbocycles. The molecule has 0 atom stereocenters. The molecule has 3 N–H and O–H groups in total. The first kappa shape index (κ1) is 15.9. The number of hydrogen-bond donors (Lipinski definition) is 3. The van der Waals surface area contributed by atoms with Gasteiger partial charge in [0.1, 0.15) is 0 Å². The zero-order valence-electron chi connectivity index (χ0n) is 14.8. The molecule has 0 spiro atoms. The van der Waals surface area contributed by atoms with Gasteiger partial charge in [0, 0.05) is 30.5 Å². The molecule has 0 aromatic carbocycles. The van der Waals surface area contributed by atoms with E-state index in [1.54, 1.807) is 18.6 Å². The van der Waals surface area contributed by atoms with Crippen LogP contribution in [0.15, 0.2) is 24.7 Å². The summed E-state index contributed by atoms with van der Waals surface area (Å²) in [7, 11) is 0. The molecule has 4 fully saturated rings. The quantitative estimate of drug-likeness (QED) is 0.742. The third-order valence-electron chi connectivity index (χ3n) is 6.73. The van der Waals surface area contributed by atoms with Crippen LogP contribution in [-0.4, -0.2) is 28.3 Å². The molecule has 0 radical (unpaired) electrons. The smallest absolute Gasteiger partial charge is 0.313 e. The van der Waals surface area contributed by atoms with Crippen LogP contribution in [0.4, 0.5) is 5.69 Å². The van der Waals surface area contributed by atoms with Crippen molar-refractivity contribution in [3.8, 4) is 0 Å². The molecule has 0 saturated heterocycles. The van der Waals surface area contributed by atoms with Gasteiger partial charge in [-0.2, -0.15) is 0 Å². The first-order chi connectivity index (χ1) is 12.6. The standard InChI is InChI=1S/C20H24N4O2/c25-18(19(26)24-17-10-22-16-1-2-21-9-15(16)17)23-11-20-6-12-3-13(7-20)5-14(4-12)8-20/h1-2,9-10,12-14,22H,3-8,11H2,(H,23,25)(H,24,26). The summed E-state index contributed by atoms with van der Waals surface area (Å²) in [5.74, 6) is 1.36. The number of aromatic amines is 1. The minimum Gasteiger partial charge on any atom is -0.359 e. The van der Waals surface area contributed by atoms with Crippen LogP contribution in [-0.2, 0) is 9.59 Å². The van der Waals surface area contributed by atoms with Crippen LogP contribution >= 0.6 is 0 Å². The van der Waals surface area contributed by atoms with Gasteiger partial charge in [-0.25, -0.2) is 0 Å². The average molecular weight is 352 g/mol. The SMILES string of the molecule is O=C(NCC12CC3CC(CC(C3)C1)C2)C(=O)Nc1c[nH]c2ccncc12. The van der Waals surface area contributed by atoms with E-state index in [0.29, 0.717) is 12.2 Å². The first-order valence-electron chi connectivity index (χ1n) is 9.60. The van der Waals surface area contributed by atoms with Gasteiger partial charge in [0.15, 0.2) is 0 Å². The van der Waals surface area contributed by atoms with E-state index in [-0.39, 0.29) is 5.41 Å². The summed E-state index contributed by atoms with van der Waals surface area (Å²) in [5, 5.41) is 6.42. The summed E-state index contributed by atoms with van der Waals surface area (Å²) in [6.07, 6.45) is 12.8. The number of rotatable bonds is 3. The molecule has 4 bridgehead atoms. The Balaban J connectivity index is 1.22. The van der Waals surface area contributed by atoms with Crippen molar-refractivity contribution in [3.05, 3.63) is 24.7 Å². The van der Waals surface area contributed by atoms with Crippen LogP contribution in [0.2, 0.25) is 0 Å². The fraction of sp³-hybridized carbons (Fsp3) is 0.550. The van der Waals surface area contributed by atoms with Gasteiger partial charge in [-0.1, -0.05) is 0 Å². The highest BCUT2D eigenvalue weighted by Gasteiger charge is 2.50. The average Bonchev–Trinajstić information content (AvgIpc) is 3.02. The Morgan fingerprint density at radius 3 is 2.50 bits per heavy atom. The number of anilines is 1. The lowest BCUT2D eigenvalue weighted by Crippen LogP contribution is -2.52. The Morgan fingerprint density at radius 1 is 1.12 bits per heavy atom. The zero-order chi connectivity index (χ0) is 17.7. The number of hydrogen-bond acceptors (Lipinski definition) is 3. The molecule has 6 rings (SSSR count). The Bertz CT molecular complexity index is 836. The number of carbonyl (C=O) groups is 2. The number of nitrogens with zero attached hydrogens (tertiary/aromatic N) is 1. The van der Waals surface area contributed by atoms with Crippen molar-refractivity contribution >= 4 is 28.4 Å². The fourth-order valence-corrected chi connectivity index (χ4v) is 6.10. The van der Waals surface area contributed by atoms with Gasteiger partial charge in [0.05, 0.1) is 11.2 Å². The lowest BCUT2D eigenvalue weighted by Gasteiger charge is -2.56. The maximum Gasteiger partial charge on any atom is 0.313 e. The summed E-state index contributed by atoms with van der Waals surface area (Å²) in [5.41, 5.74) is 1.70. The molecule has 4 aliphatic carbocycles. The van der Waals surface area contributed by atoms with E-state index in [0.717, 1.165) is 28.7 Å². The molecule has 0 unspecified atom stereocenters. The largest absolute Gasteiger partial charge is 0.359 e. The van der Waals surface area contributed by atoms with Crippen molar-refractivity contribution in [1.82, 2.24) is 15.3 Å². The number of pyridine rings is 1. The summed E-state index contributed by atoms with van der Waals surface area (Å²) in [4.78, 5) is 31.8. The van der Waals surface area contributed by atoms with E-state index in [4.69, 9.17) is 0 Å². The van der Waals surface area contributed by atoms with Gasteiger partial charge >= 0.3 is 11.8 Å². The molecule has 26 heavy (non-hydrogen) atoms. The molecule has 6 nitrogen and oxygen atoms in total. The highest BCUT2D eigenvalue weighted by molar-refractivity contribution is 6.40. The van der Waals surface area contributed by atoms with Crippen LogP contribution in [0.25, 0.3) is 10.9 Å².